The van der Waals surface area contributed by atoms with Crippen LogP contribution in [0.5, 0.6) is 0 Å². The maximum absolute atomic E-state index is 11.6. The average molecular weight is 255 g/mol. The third-order valence-electron chi connectivity index (χ3n) is 3.11. The Hall–Kier alpha value is -1.10. The van der Waals surface area contributed by atoms with E-state index in [4.69, 9.17) is 0 Å². The zero-order chi connectivity index (χ0) is 13.5. The molecule has 2 amide bonds. The molecule has 1 unspecified atom stereocenters. The van der Waals surface area contributed by atoms with Gasteiger partial charge < -0.3 is 10.6 Å². The largest absolute Gasteiger partial charge is 0.353 e. The van der Waals surface area contributed by atoms with Crippen LogP contribution in [0.15, 0.2) is 0 Å². The highest BCUT2D eigenvalue weighted by atomic mass is 16.2. The predicted octanol–water partition coefficient (Wildman–Crippen LogP) is 0.548. The van der Waals surface area contributed by atoms with Crippen LogP contribution < -0.4 is 16.0 Å². The van der Waals surface area contributed by atoms with Crippen LogP contribution in [0, 0.1) is 0 Å². The van der Waals surface area contributed by atoms with Gasteiger partial charge in [-0.15, -0.1) is 0 Å². The molecule has 1 aliphatic carbocycles. The van der Waals surface area contributed by atoms with E-state index in [1.807, 2.05) is 13.8 Å². The van der Waals surface area contributed by atoms with E-state index in [0.717, 1.165) is 12.8 Å². The van der Waals surface area contributed by atoms with Gasteiger partial charge in [0.2, 0.25) is 11.8 Å². The normalized spacial score (nSPS) is 17.8. The van der Waals surface area contributed by atoms with Crippen molar-refractivity contribution < 1.29 is 9.59 Å². The summed E-state index contributed by atoms with van der Waals surface area (Å²) in [7, 11) is 0. The van der Waals surface area contributed by atoms with Crippen molar-refractivity contribution in [1.29, 1.82) is 0 Å². The fraction of sp³-hybridized carbons (Fsp3) is 0.846. The maximum atomic E-state index is 11.6. The Bertz CT molecular complexity index is 286. The lowest BCUT2D eigenvalue weighted by atomic mass is 10.2. The summed E-state index contributed by atoms with van der Waals surface area (Å²) in [5.74, 6) is -0.0928. The molecule has 5 heteroatoms. The smallest absolute Gasteiger partial charge is 0.237 e. The zero-order valence-corrected chi connectivity index (χ0v) is 11.6. The molecule has 1 atom stereocenters. The van der Waals surface area contributed by atoms with Crippen LogP contribution in [0.2, 0.25) is 0 Å². The fourth-order valence-corrected chi connectivity index (χ4v) is 2.10. The number of nitrogens with one attached hydrogen (secondary N) is 3. The fourth-order valence-electron chi connectivity index (χ4n) is 2.10. The van der Waals surface area contributed by atoms with E-state index < -0.39 is 0 Å². The van der Waals surface area contributed by atoms with Gasteiger partial charge in [0.15, 0.2) is 0 Å². The second-order valence-electron chi connectivity index (χ2n) is 5.31. The van der Waals surface area contributed by atoms with Gasteiger partial charge in [-0.1, -0.05) is 12.8 Å². The van der Waals surface area contributed by atoms with Crippen LogP contribution >= 0.6 is 0 Å². The van der Waals surface area contributed by atoms with E-state index in [0.29, 0.717) is 6.04 Å². The highest BCUT2D eigenvalue weighted by molar-refractivity contribution is 5.83. The monoisotopic (exact) mass is 255 g/mol. The quantitative estimate of drug-likeness (QED) is 0.649. The first kappa shape index (κ1) is 15.0. The van der Waals surface area contributed by atoms with E-state index in [1.54, 1.807) is 6.92 Å². The number of hydrogen-bond donors (Lipinski definition) is 3. The number of amides is 2. The van der Waals surface area contributed by atoms with E-state index >= 15 is 0 Å². The molecule has 0 aromatic carbocycles. The minimum atomic E-state index is -0.346. The van der Waals surface area contributed by atoms with Gasteiger partial charge in [0, 0.05) is 12.1 Å². The van der Waals surface area contributed by atoms with Gasteiger partial charge in [-0.3, -0.25) is 14.9 Å². The van der Waals surface area contributed by atoms with Gasteiger partial charge in [0.05, 0.1) is 12.6 Å². The molecule has 0 spiro atoms. The first-order valence-corrected chi connectivity index (χ1v) is 6.82. The molecule has 0 saturated heterocycles. The molecule has 0 aromatic rings. The average Bonchev–Trinajstić information content (AvgIpc) is 2.77. The standard InChI is InChI=1S/C13H25N3O2/c1-9(2)15-13(18)10(3)14-8-12(17)16-11-6-4-5-7-11/h9-11,14H,4-8H2,1-3H3,(H,15,18)(H,16,17). The van der Waals surface area contributed by atoms with Crippen molar-refractivity contribution in [3.63, 3.8) is 0 Å². The molecule has 0 aliphatic heterocycles. The third-order valence-corrected chi connectivity index (χ3v) is 3.11. The summed E-state index contributed by atoms with van der Waals surface area (Å²) in [5.41, 5.74) is 0. The van der Waals surface area contributed by atoms with Crippen LogP contribution in [0.4, 0.5) is 0 Å². The number of rotatable bonds is 6. The Labute approximate surface area is 109 Å². The van der Waals surface area contributed by atoms with Gasteiger partial charge in [-0.25, -0.2) is 0 Å². The zero-order valence-electron chi connectivity index (χ0n) is 11.6. The topological polar surface area (TPSA) is 70.2 Å². The second kappa shape index (κ2) is 7.36. The minimum Gasteiger partial charge on any atom is -0.353 e. The molecule has 1 rings (SSSR count). The Morgan fingerprint density at radius 3 is 2.33 bits per heavy atom. The molecule has 0 radical (unpaired) electrons. The molecule has 0 aromatic heterocycles. The van der Waals surface area contributed by atoms with Gasteiger partial charge in [0.1, 0.15) is 0 Å². The van der Waals surface area contributed by atoms with Crippen LogP contribution in [-0.2, 0) is 9.59 Å². The van der Waals surface area contributed by atoms with Crippen molar-refractivity contribution >= 4 is 11.8 Å². The van der Waals surface area contributed by atoms with Gasteiger partial charge in [0.25, 0.3) is 0 Å². The highest BCUT2D eigenvalue weighted by Gasteiger charge is 2.18. The van der Waals surface area contributed by atoms with Crippen LogP contribution in [0.25, 0.3) is 0 Å². The van der Waals surface area contributed by atoms with Crippen LogP contribution in [0.3, 0.4) is 0 Å². The van der Waals surface area contributed by atoms with Crippen molar-refractivity contribution in [2.75, 3.05) is 6.54 Å². The molecule has 5 nitrogen and oxygen atoms in total. The Balaban J connectivity index is 2.18. The van der Waals surface area contributed by atoms with E-state index in [-0.39, 0.29) is 30.4 Å². The molecule has 1 fully saturated rings. The third kappa shape index (κ3) is 5.49. The molecular weight excluding hydrogens is 230 g/mol. The molecule has 3 N–H and O–H groups in total. The van der Waals surface area contributed by atoms with Crippen LogP contribution in [-0.4, -0.2) is 36.5 Å². The van der Waals surface area contributed by atoms with Crippen molar-refractivity contribution in [1.82, 2.24) is 16.0 Å². The lowest BCUT2D eigenvalue weighted by Crippen LogP contribution is -2.48. The summed E-state index contributed by atoms with van der Waals surface area (Å²) in [6.07, 6.45) is 4.56. The first-order chi connectivity index (χ1) is 8.49. The van der Waals surface area contributed by atoms with Crippen molar-refractivity contribution in [2.45, 2.75) is 64.6 Å². The summed E-state index contributed by atoms with van der Waals surface area (Å²) in [4.78, 5) is 23.2. The summed E-state index contributed by atoms with van der Waals surface area (Å²) < 4.78 is 0. The first-order valence-electron chi connectivity index (χ1n) is 6.82. The lowest BCUT2D eigenvalue weighted by Gasteiger charge is -2.17. The lowest BCUT2D eigenvalue weighted by molar-refractivity contribution is -0.124. The highest BCUT2D eigenvalue weighted by Crippen LogP contribution is 2.17. The van der Waals surface area contributed by atoms with Crippen molar-refractivity contribution in [3.8, 4) is 0 Å². The summed E-state index contributed by atoms with van der Waals surface area (Å²) in [6.45, 7) is 5.79. The summed E-state index contributed by atoms with van der Waals surface area (Å²) in [5, 5.41) is 8.72. The molecule has 1 saturated carbocycles. The Morgan fingerprint density at radius 1 is 1.17 bits per heavy atom. The van der Waals surface area contributed by atoms with E-state index in [2.05, 4.69) is 16.0 Å². The molecular formula is C13H25N3O2. The van der Waals surface area contributed by atoms with Crippen molar-refractivity contribution in [3.05, 3.63) is 0 Å². The van der Waals surface area contributed by atoms with Gasteiger partial charge in [-0.2, -0.15) is 0 Å². The Morgan fingerprint density at radius 2 is 1.78 bits per heavy atom. The van der Waals surface area contributed by atoms with E-state index in [9.17, 15) is 9.59 Å². The number of hydrogen-bond acceptors (Lipinski definition) is 3. The number of carbonyl (C=O) groups is 2. The molecule has 104 valence electrons. The molecule has 0 bridgehead atoms. The minimum absolute atomic E-state index is 0.0221. The summed E-state index contributed by atoms with van der Waals surface area (Å²) >= 11 is 0. The maximum Gasteiger partial charge on any atom is 0.237 e. The molecule has 18 heavy (non-hydrogen) atoms. The van der Waals surface area contributed by atoms with Gasteiger partial charge in [-0.05, 0) is 33.6 Å². The second-order valence-corrected chi connectivity index (χ2v) is 5.31. The SMILES string of the molecule is CC(C)NC(=O)C(C)NCC(=O)NC1CCCC1. The molecule has 0 heterocycles. The number of carbonyl (C=O) groups excluding carboxylic acids is 2. The van der Waals surface area contributed by atoms with Gasteiger partial charge >= 0.3 is 0 Å². The van der Waals surface area contributed by atoms with E-state index in [1.165, 1.54) is 12.8 Å². The predicted molar refractivity (Wildman–Crippen MR) is 71.1 cm³/mol. The summed E-state index contributed by atoms with van der Waals surface area (Å²) in [6, 6.07) is 0.106. The van der Waals surface area contributed by atoms with Crippen LogP contribution in [0.1, 0.15) is 46.5 Å². The van der Waals surface area contributed by atoms with Crippen molar-refractivity contribution in [2.24, 2.45) is 0 Å². The molecule has 1 aliphatic rings. The Kier molecular flexibility index (Phi) is 6.12.